The number of nitrogens with one attached hydrogen (secondary N) is 1. The number of amides is 1. The second kappa shape index (κ2) is 8.81. The zero-order valence-corrected chi connectivity index (χ0v) is 17.9. The average molecular weight is 489 g/mol. The van der Waals surface area contributed by atoms with E-state index in [9.17, 15) is 9.18 Å². The van der Waals surface area contributed by atoms with Crippen molar-refractivity contribution in [2.75, 3.05) is 5.32 Å². The highest BCUT2D eigenvalue weighted by molar-refractivity contribution is 9.10. The Morgan fingerprint density at radius 3 is 2.60 bits per heavy atom. The van der Waals surface area contributed by atoms with Gasteiger partial charge < -0.3 is 5.32 Å². The molecule has 1 N–H and O–H groups in total. The third-order valence-corrected chi connectivity index (χ3v) is 5.17. The Bertz CT molecular complexity index is 1190. The number of carbonyl (C=O) groups is 1. The van der Waals surface area contributed by atoms with Crippen LogP contribution in [0.4, 0.5) is 10.1 Å². The van der Waals surface area contributed by atoms with E-state index in [1.165, 1.54) is 16.9 Å². The van der Waals surface area contributed by atoms with Gasteiger partial charge in [-0.2, -0.15) is 10.2 Å². The molecule has 0 fully saturated rings. The van der Waals surface area contributed by atoms with E-state index in [-0.39, 0.29) is 12.5 Å². The molecule has 30 heavy (non-hydrogen) atoms. The number of nitrogens with zero attached hydrogens (tertiary/aromatic N) is 4. The van der Waals surface area contributed by atoms with E-state index in [1.807, 2.05) is 24.4 Å². The van der Waals surface area contributed by atoms with Gasteiger partial charge in [0.2, 0.25) is 0 Å². The minimum Gasteiger partial charge on any atom is -0.319 e. The molecular weight excluding hydrogens is 473 g/mol. The number of hydrogen-bond acceptors (Lipinski definition) is 3. The van der Waals surface area contributed by atoms with Crippen LogP contribution >= 0.6 is 27.5 Å². The maximum absolute atomic E-state index is 14.0. The Morgan fingerprint density at radius 1 is 1.07 bits per heavy atom. The molecule has 2 aromatic carbocycles. The summed E-state index contributed by atoms with van der Waals surface area (Å²) in [4.78, 5) is 12.6. The fourth-order valence-corrected chi connectivity index (χ4v) is 3.54. The van der Waals surface area contributed by atoms with Gasteiger partial charge in [0, 0.05) is 28.5 Å². The van der Waals surface area contributed by atoms with E-state index in [0.717, 1.165) is 10.0 Å². The van der Waals surface area contributed by atoms with Crippen molar-refractivity contribution in [3.63, 3.8) is 0 Å². The number of halogens is 3. The summed E-state index contributed by atoms with van der Waals surface area (Å²) in [6.45, 7) is 0.713. The van der Waals surface area contributed by atoms with Gasteiger partial charge in [0.15, 0.2) is 0 Å². The number of anilines is 1. The summed E-state index contributed by atoms with van der Waals surface area (Å²) in [5, 5.41) is 11.5. The Hall–Kier alpha value is -2.97. The quantitative estimate of drug-likeness (QED) is 0.416. The number of carbonyl (C=O) groups excluding carboxylic acids is 1. The number of benzene rings is 2. The normalized spacial score (nSPS) is 10.9. The second-order valence-corrected chi connectivity index (χ2v) is 7.96. The molecule has 2 aromatic heterocycles. The summed E-state index contributed by atoms with van der Waals surface area (Å²) in [5.41, 5.74) is 2.32. The molecule has 6 nitrogen and oxygen atoms in total. The van der Waals surface area contributed by atoms with Crippen LogP contribution in [0.15, 0.2) is 71.7 Å². The summed E-state index contributed by atoms with van der Waals surface area (Å²) in [5.74, 6) is -0.661. The first-order valence-corrected chi connectivity index (χ1v) is 10.2. The summed E-state index contributed by atoms with van der Waals surface area (Å²) in [7, 11) is 0. The maximum atomic E-state index is 14.0. The van der Waals surface area contributed by atoms with Crippen LogP contribution in [0.2, 0.25) is 5.02 Å². The van der Waals surface area contributed by atoms with Crippen LogP contribution in [0, 0.1) is 5.82 Å². The lowest BCUT2D eigenvalue weighted by Gasteiger charge is -2.07. The molecule has 1 amide bonds. The van der Waals surface area contributed by atoms with Gasteiger partial charge in [-0.3, -0.25) is 14.2 Å². The third-order valence-electron chi connectivity index (χ3n) is 4.41. The fourth-order valence-electron chi connectivity index (χ4n) is 2.99. The molecule has 9 heteroatoms. The van der Waals surface area contributed by atoms with Crippen molar-refractivity contribution in [1.29, 1.82) is 0 Å². The molecule has 0 radical (unpaired) electrons. The molecule has 0 aliphatic heterocycles. The topological polar surface area (TPSA) is 64.7 Å². The van der Waals surface area contributed by atoms with Crippen molar-refractivity contribution in [3.05, 3.63) is 99.3 Å². The second-order valence-electron chi connectivity index (χ2n) is 6.64. The van der Waals surface area contributed by atoms with Crippen molar-refractivity contribution in [2.24, 2.45) is 0 Å². The predicted octanol–water partition coefficient (Wildman–Crippen LogP) is 4.98. The van der Waals surface area contributed by atoms with E-state index in [0.29, 0.717) is 28.4 Å². The largest absolute Gasteiger partial charge is 0.319 e. The lowest BCUT2D eigenvalue weighted by molar-refractivity contribution is 0.102. The van der Waals surface area contributed by atoms with E-state index in [1.54, 1.807) is 35.3 Å². The van der Waals surface area contributed by atoms with Crippen molar-refractivity contribution in [3.8, 4) is 0 Å². The summed E-state index contributed by atoms with van der Waals surface area (Å²) >= 11 is 9.43. The van der Waals surface area contributed by atoms with Gasteiger partial charge in [-0.05, 0) is 45.8 Å². The summed E-state index contributed by atoms with van der Waals surface area (Å²) < 4.78 is 18.2. The molecule has 0 unspecified atom stereocenters. The fraction of sp³-hybridized carbons (Fsp3) is 0.0952. The smallest absolute Gasteiger partial charge is 0.255 e. The maximum Gasteiger partial charge on any atom is 0.255 e. The van der Waals surface area contributed by atoms with Gasteiger partial charge in [0.1, 0.15) is 5.82 Å². The van der Waals surface area contributed by atoms with Crippen molar-refractivity contribution < 1.29 is 9.18 Å². The number of rotatable bonds is 6. The number of aromatic nitrogens is 4. The minimum atomic E-state index is -0.399. The molecule has 0 aliphatic rings. The average Bonchev–Trinajstić information content (AvgIpc) is 3.33. The standard InChI is InChI=1S/C21H16BrClFN5O/c22-16-8-25-28(11-16)10-14-3-1-4-15(7-14)21(30)27-17-9-26-29(12-17)13-18-19(23)5-2-6-20(18)24/h1-9,11-12H,10,13H2,(H,27,30). The monoisotopic (exact) mass is 487 g/mol. The van der Waals surface area contributed by atoms with Crippen molar-refractivity contribution in [1.82, 2.24) is 19.6 Å². The molecular formula is C21H16BrClFN5O. The Morgan fingerprint density at radius 2 is 1.83 bits per heavy atom. The van der Waals surface area contributed by atoms with Gasteiger partial charge in [0.05, 0.1) is 35.6 Å². The first kappa shape index (κ1) is 20.3. The SMILES string of the molecule is O=C(Nc1cnn(Cc2c(F)cccc2Cl)c1)c1cccc(Cn2cc(Br)cn2)c1. The number of hydrogen-bond donors (Lipinski definition) is 1. The van der Waals surface area contributed by atoms with Crippen LogP contribution in [0.5, 0.6) is 0 Å². The lowest BCUT2D eigenvalue weighted by Crippen LogP contribution is -2.12. The van der Waals surface area contributed by atoms with Gasteiger partial charge in [0.25, 0.3) is 5.91 Å². The Labute approximate surface area is 185 Å². The van der Waals surface area contributed by atoms with Gasteiger partial charge in [-0.1, -0.05) is 29.8 Å². The first-order valence-electron chi connectivity index (χ1n) is 9.01. The van der Waals surface area contributed by atoms with E-state index >= 15 is 0 Å². The molecule has 4 aromatic rings. The molecule has 0 saturated heterocycles. The van der Waals surface area contributed by atoms with Crippen LogP contribution in [0.25, 0.3) is 0 Å². The lowest BCUT2D eigenvalue weighted by atomic mass is 10.1. The van der Waals surface area contributed by atoms with Crippen LogP contribution < -0.4 is 5.32 Å². The molecule has 0 spiro atoms. The van der Waals surface area contributed by atoms with Crippen LogP contribution in [-0.2, 0) is 13.1 Å². The summed E-state index contributed by atoms with van der Waals surface area (Å²) in [6, 6.07) is 11.8. The summed E-state index contributed by atoms with van der Waals surface area (Å²) in [6.07, 6.45) is 6.72. The van der Waals surface area contributed by atoms with Gasteiger partial charge in [-0.15, -0.1) is 0 Å². The zero-order valence-electron chi connectivity index (χ0n) is 15.6. The van der Waals surface area contributed by atoms with Crippen LogP contribution in [0.3, 0.4) is 0 Å². The molecule has 152 valence electrons. The van der Waals surface area contributed by atoms with E-state index in [2.05, 4.69) is 31.4 Å². The van der Waals surface area contributed by atoms with Gasteiger partial charge >= 0.3 is 0 Å². The highest BCUT2D eigenvalue weighted by Crippen LogP contribution is 2.20. The molecule has 0 bridgehead atoms. The minimum absolute atomic E-state index is 0.163. The molecule has 4 rings (SSSR count). The first-order chi connectivity index (χ1) is 14.5. The van der Waals surface area contributed by atoms with Crippen molar-refractivity contribution >= 4 is 39.1 Å². The van der Waals surface area contributed by atoms with Crippen molar-refractivity contribution in [2.45, 2.75) is 13.1 Å². The van der Waals surface area contributed by atoms with Crippen LogP contribution in [-0.4, -0.2) is 25.5 Å². The molecule has 0 atom stereocenters. The third kappa shape index (κ3) is 4.77. The highest BCUT2D eigenvalue weighted by Gasteiger charge is 2.11. The van der Waals surface area contributed by atoms with E-state index < -0.39 is 5.82 Å². The Kier molecular flexibility index (Phi) is 5.96. The highest BCUT2D eigenvalue weighted by atomic mass is 79.9. The van der Waals surface area contributed by atoms with Gasteiger partial charge in [-0.25, -0.2) is 4.39 Å². The van der Waals surface area contributed by atoms with Crippen LogP contribution in [0.1, 0.15) is 21.5 Å². The molecule has 0 saturated carbocycles. The Balaban J connectivity index is 1.44. The zero-order chi connectivity index (χ0) is 21.1. The van der Waals surface area contributed by atoms with E-state index in [4.69, 9.17) is 11.6 Å². The predicted molar refractivity (Wildman–Crippen MR) is 116 cm³/mol. The molecule has 0 aliphatic carbocycles. The molecule has 2 heterocycles.